The third-order valence-corrected chi connectivity index (χ3v) is 3.22. The predicted octanol–water partition coefficient (Wildman–Crippen LogP) is 3.40. The van der Waals surface area contributed by atoms with Crippen LogP contribution >= 0.6 is 0 Å². The zero-order valence-corrected chi connectivity index (χ0v) is 13.0. The normalized spacial score (nSPS) is 10.7. The maximum atomic E-state index is 11.9. The molecule has 0 bridgehead atoms. The number of rotatable bonds is 5. The molecule has 3 aromatic rings. The number of amides is 1. The van der Waals surface area contributed by atoms with E-state index < -0.39 is 0 Å². The Morgan fingerprint density at radius 2 is 1.83 bits per heavy atom. The minimum atomic E-state index is -0.344. The molecule has 1 amide bonds. The van der Waals surface area contributed by atoms with Gasteiger partial charge in [0.1, 0.15) is 5.75 Å². The van der Waals surface area contributed by atoms with Gasteiger partial charge in [0.15, 0.2) is 0 Å². The summed E-state index contributed by atoms with van der Waals surface area (Å²) in [5, 5.41) is 10.3. The molecular formula is C18H15N3O3. The van der Waals surface area contributed by atoms with Crippen molar-refractivity contribution in [2.24, 2.45) is 0 Å². The number of carbonyl (C=O) groups is 1. The van der Waals surface area contributed by atoms with E-state index in [4.69, 9.17) is 9.15 Å². The number of hydrogen-bond acceptors (Lipinski definition) is 5. The third kappa shape index (κ3) is 3.86. The van der Waals surface area contributed by atoms with E-state index in [2.05, 4.69) is 15.5 Å². The monoisotopic (exact) mass is 321 g/mol. The Bertz CT molecular complexity index is 839. The summed E-state index contributed by atoms with van der Waals surface area (Å²) in [6.45, 7) is 0. The van der Waals surface area contributed by atoms with Crippen LogP contribution in [-0.2, 0) is 4.79 Å². The van der Waals surface area contributed by atoms with Crippen LogP contribution in [0.2, 0.25) is 0 Å². The summed E-state index contributed by atoms with van der Waals surface area (Å²) in [6.07, 6.45) is 3.11. The fraction of sp³-hybridized carbons (Fsp3) is 0.0556. The lowest BCUT2D eigenvalue weighted by molar-refractivity contribution is -0.112. The third-order valence-electron chi connectivity index (χ3n) is 3.22. The van der Waals surface area contributed by atoms with Crippen LogP contribution in [0.3, 0.4) is 0 Å². The number of carbonyl (C=O) groups excluding carboxylic acids is 1. The van der Waals surface area contributed by atoms with E-state index in [0.29, 0.717) is 5.89 Å². The largest absolute Gasteiger partial charge is 0.497 e. The fourth-order valence-corrected chi connectivity index (χ4v) is 2.01. The topological polar surface area (TPSA) is 77.3 Å². The molecule has 0 aliphatic carbocycles. The highest BCUT2D eigenvalue weighted by Gasteiger charge is 2.10. The summed E-state index contributed by atoms with van der Waals surface area (Å²) < 4.78 is 10.5. The Morgan fingerprint density at radius 3 is 2.54 bits per heavy atom. The van der Waals surface area contributed by atoms with Gasteiger partial charge in [-0.15, -0.1) is 5.10 Å². The van der Waals surface area contributed by atoms with Crippen molar-refractivity contribution >= 4 is 18.0 Å². The molecule has 6 heteroatoms. The van der Waals surface area contributed by atoms with Gasteiger partial charge in [-0.1, -0.05) is 35.4 Å². The number of hydrogen-bond donors (Lipinski definition) is 1. The summed E-state index contributed by atoms with van der Waals surface area (Å²) in [7, 11) is 1.60. The molecule has 0 spiro atoms. The zero-order chi connectivity index (χ0) is 16.8. The Hall–Kier alpha value is -3.41. The van der Waals surface area contributed by atoms with Crippen LogP contribution in [0.25, 0.3) is 17.5 Å². The molecule has 0 fully saturated rings. The van der Waals surface area contributed by atoms with Gasteiger partial charge >= 0.3 is 6.01 Å². The van der Waals surface area contributed by atoms with Crippen LogP contribution in [0.15, 0.2) is 65.1 Å². The lowest BCUT2D eigenvalue weighted by Crippen LogP contribution is -2.07. The Labute approximate surface area is 138 Å². The number of anilines is 1. The molecule has 0 saturated carbocycles. The number of benzene rings is 2. The molecule has 0 aliphatic rings. The molecule has 6 nitrogen and oxygen atoms in total. The summed E-state index contributed by atoms with van der Waals surface area (Å²) in [5.41, 5.74) is 1.67. The van der Waals surface area contributed by atoms with Crippen molar-refractivity contribution in [3.63, 3.8) is 0 Å². The summed E-state index contributed by atoms with van der Waals surface area (Å²) >= 11 is 0. The van der Waals surface area contributed by atoms with E-state index in [1.54, 1.807) is 37.5 Å². The molecule has 1 N–H and O–H groups in total. The molecular weight excluding hydrogens is 306 g/mol. The minimum absolute atomic E-state index is 0.0449. The molecule has 0 unspecified atom stereocenters. The first-order chi connectivity index (χ1) is 11.7. The second-order valence-corrected chi connectivity index (χ2v) is 4.87. The SMILES string of the molecule is COc1ccc(-c2nnc(NC(=O)/C=C/c3ccccc3)o2)cc1. The van der Waals surface area contributed by atoms with E-state index in [1.807, 2.05) is 30.3 Å². The minimum Gasteiger partial charge on any atom is -0.497 e. The lowest BCUT2D eigenvalue weighted by Gasteiger charge is -1.99. The highest BCUT2D eigenvalue weighted by atomic mass is 16.5. The van der Waals surface area contributed by atoms with Gasteiger partial charge in [0.2, 0.25) is 5.89 Å². The molecule has 1 heterocycles. The Morgan fingerprint density at radius 1 is 1.08 bits per heavy atom. The van der Waals surface area contributed by atoms with Gasteiger partial charge in [0.25, 0.3) is 5.91 Å². The molecule has 0 radical (unpaired) electrons. The van der Waals surface area contributed by atoms with Crippen molar-refractivity contribution in [2.75, 3.05) is 12.4 Å². The zero-order valence-electron chi connectivity index (χ0n) is 13.0. The van der Waals surface area contributed by atoms with E-state index in [-0.39, 0.29) is 11.9 Å². The second kappa shape index (κ2) is 7.23. The number of methoxy groups -OCH3 is 1. The summed E-state index contributed by atoms with van der Waals surface area (Å²) in [6, 6.07) is 16.7. The molecule has 0 aliphatic heterocycles. The average Bonchev–Trinajstić information content (AvgIpc) is 3.09. The summed E-state index contributed by atoms with van der Waals surface area (Å²) in [5.74, 6) is 0.710. The Balaban J connectivity index is 1.65. The Kier molecular flexibility index (Phi) is 4.67. The van der Waals surface area contributed by atoms with Gasteiger partial charge in [-0.05, 0) is 35.9 Å². The number of nitrogens with zero attached hydrogens (tertiary/aromatic N) is 2. The predicted molar refractivity (Wildman–Crippen MR) is 90.4 cm³/mol. The maximum absolute atomic E-state index is 11.9. The van der Waals surface area contributed by atoms with E-state index in [9.17, 15) is 4.79 Å². The molecule has 0 atom stereocenters. The van der Waals surface area contributed by atoms with E-state index in [1.165, 1.54) is 6.08 Å². The van der Waals surface area contributed by atoms with Crippen molar-refractivity contribution in [2.45, 2.75) is 0 Å². The smallest absolute Gasteiger partial charge is 0.322 e. The molecule has 3 rings (SSSR count). The highest BCUT2D eigenvalue weighted by molar-refractivity contribution is 6.00. The van der Waals surface area contributed by atoms with Gasteiger partial charge < -0.3 is 9.15 Å². The van der Waals surface area contributed by atoms with Crippen LogP contribution in [-0.4, -0.2) is 23.2 Å². The summed E-state index contributed by atoms with van der Waals surface area (Å²) in [4.78, 5) is 11.9. The quantitative estimate of drug-likeness (QED) is 0.729. The van der Waals surface area contributed by atoms with Crippen molar-refractivity contribution < 1.29 is 13.9 Å². The van der Waals surface area contributed by atoms with Crippen molar-refractivity contribution in [3.05, 3.63) is 66.2 Å². The van der Waals surface area contributed by atoms with E-state index >= 15 is 0 Å². The second-order valence-electron chi connectivity index (χ2n) is 4.87. The maximum Gasteiger partial charge on any atom is 0.322 e. The van der Waals surface area contributed by atoms with Crippen molar-refractivity contribution in [3.8, 4) is 17.2 Å². The van der Waals surface area contributed by atoms with Crippen molar-refractivity contribution in [1.82, 2.24) is 10.2 Å². The first-order valence-corrected chi connectivity index (χ1v) is 7.26. The van der Waals surface area contributed by atoms with Gasteiger partial charge in [-0.3, -0.25) is 10.1 Å². The van der Waals surface area contributed by atoms with Crippen molar-refractivity contribution in [1.29, 1.82) is 0 Å². The molecule has 0 saturated heterocycles. The molecule has 1 aromatic heterocycles. The molecule has 120 valence electrons. The first-order valence-electron chi connectivity index (χ1n) is 7.26. The van der Waals surface area contributed by atoms with Crippen LogP contribution in [0.1, 0.15) is 5.56 Å². The first kappa shape index (κ1) is 15.5. The van der Waals surface area contributed by atoms with Gasteiger partial charge in [0, 0.05) is 11.6 Å². The number of nitrogens with one attached hydrogen (secondary N) is 1. The van der Waals surface area contributed by atoms with Gasteiger partial charge in [-0.25, -0.2) is 0 Å². The van der Waals surface area contributed by atoms with Crippen LogP contribution in [0.4, 0.5) is 6.01 Å². The molecule has 24 heavy (non-hydrogen) atoms. The number of aromatic nitrogens is 2. The lowest BCUT2D eigenvalue weighted by atomic mass is 10.2. The van der Waals surface area contributed by atoms with Crippen LogP contribution < -0.4 is 10.1 Å². The van der Waals surface area contributed by atoms with Crippen LogP contribution in [0, 0.1) is 0 Å². The van der Waals surface area contributed by atoms with E-state index in [0.717, 1.165) is 16.9 Å². The fourth-order valence-electron chi connectivity index (χ4n) is 2.01. The number of ether oxygens (including phenoxy) is 1. The van der Waals surface area contributed by atoms with Gasteiger partial charge in [-0.2, -0.15) is 0 Å². The van der Waals surface area contributed by atoms with Crippen LogP contribution in [0.5, 0.6) is 5.75 Å². The standard InChI is InChI=1S/C18H15N3O3/c1-23-15-10-8-14(9-11-15)17-20-21-18(24-17)19-16(22)12-7-13-5-3-2-4-6-13/h2-12H,1H3,(H,19,21,22)/b12-7+. The highest BCUT2D eigenvalue weighted by Crippen LogP contribution is 2.22. The van der Waals surface area contributed by atoms with Gasteiger partial charge in [0.05, 0.1) is 7.11 Å². The molecule has 2 aromatic carbocycles. The average molecular weight is 321 g/mol.